The Labute approximate surface area is 86.9 Å². The molecule has 0 radical (unpaired) electrons. The van der Waals surface area contributed by atoms with E-state index < -0.39 is 0 Å². The molecule has 3 heteroatoms. The van der Waals surface area contributed by atoms with Gasteiger partial charge in [-0.3, -0.25) is 0 Å². The largest absolute Gasteiger partial charge is 1.00 e. The second kappa shape index (κ2) is 5.95. The first kappa shape index (κ1) is 14.9. The molecule has 0 aromatic rings. The highest BCUT2D eigenvalue weighted by Crippen LogP contribution is 2.15. The first-order valence-corrected chi connectivity index (χ1v) is 4.35. The van der Waals surface area contributed by atoms with Crippen LogP contribution >= 0.6 is 0 Å². The van der Waals surface area contributed by atoms with Crippen LogP contribution in [0.3, 0.4) is 0 Å². The number of hydrogen-bond donors (Lipinski definition) is 1. The van der Waals surface area contributed by atoms with Gasteiger partial charge < -0.3 is 26.6 Å². The zero-order valence-electron chi connectivity index (χ0n) is 8.84. The van der Waals surface area contributed by atoms with Gasteiger partial charge in [0, 0.05) is 5.92 Å². The summed E-state index contributed by atoms with van der Waals surface area (Å²) in [7, 11) is 6.40. The highest BCUT2D eigenvalue weighted by Gasteiger charge is 2.27. The van der Waals surface area contributed by atoms with Crippen LogP contribution in [-0.2, 0) is 0 Å². The van der Waals surface area contributed by atoms with E-state index in [1.807, 2.05) is 0 Å². The lowest BCUT2D eigenvalue weighted by Crippen LogP contribution is -3.00. The Morgan fingerprint density at radius 1 is 1.25 bits per heavy atom. The summed E-state index contributed by atoms with van der Waals surface area (Å²) in [6.45, 7) is 4.66. The lowest BCUT2D eigenvalue weighted by atomic mass is 9.98. The van der Waals surface area contributed by atoms with E-state index in [9.17, 15) is 0 Å². The molecule has 0 rings (SSSR count). The van der Waals surface area contributed by atoms with Crippen LogP contribution in [-0.4, -0.2) is 43.4 Å². The van der Waals surface area contributed by atoms with Crippen LogP contribution in [0.15, 0.2) is 0 Å². The zero-order valence-corrected chi connectivity index (χ0v) is 10.4. The maximum absolute atomic E-state index is 9.15. The summed E-state index contributed by atoms with van der Waals surface area (Å²) >= 11 is 0. The summed E-state index contributed by atoms with van der Waals surface area (Å²) in [4.78, 5) is 0. The molecule has 1 N–H and O–H groups in total. The Morgan fingerprint density at radius 2 is 1.67 bits per heavy atom. The van der Waals surface area contributed by atoms with Gasteiger partial charge in [-0.2, -0.15) is 0 Å². The maximum Gasteiger partial charge on any atom is 0.114 e. The molecule has 2 nitrogen and oxygen atoms in total. The van der Waals surface area contributed by atoms with E-state index in [2.05, 4.69) is 35.0 Å². The van der Waals surface area contributed by atoms with E-state index in [0.717, 1.165) is 10.9 Å². The highest BCUT2D eigenvalue weighted by atomic mass is 79.9. The zero-order chi connectivity index (χ0) is 9.07. The summed E-state index contributed by atoms with van der Waals surface area (Å²) < 4.78 is 0.853. The molecular formula is C9H22BrNO. The van der Waals surface area contributed by atoms with Gasteiger partial charge in [0.15, 0.2) is 0 Å². The number of aliphatic hydroxyl groups is 1. The van der Waals surface area contributed by atoms with Gasteiger partial charge in [-0.15, -0.1) is 0 Å². The fourth-order valence-electron chi connectivity index (χ4n) is 1.46. The molecule has 0 heterocycles. The standard InChI is InChI=1S/C9H22NO.BrH/c1-6-8(2)9(7-11)10(3,4)5;/h8-9,11H,6-7H2,1-5H3;1H/q+1;/p-1. The van der Waals surface area contributed by atoms with Crippen molar-refractivity contribution in [1.29, 1.82) is 0 Å². The van der Waals surface area contributed by atoms with Gasteiger partial charge in [0.05, 0.1) is 27.7 Å². The molecule has 0 aliphatic heterocycles. The summed E-state index contributed by atoms with van der Waals surface area (Å²) in [6, 6.07) is 0.375. The van der Waals surface area contributed by atoms with E-state index in [1.54, 1.807) is 0 Å². The van der Waals surface area contributed by atoms with Gasteiger partial charge in [0.2, 0.25) is 0 Å². The molecular weight excluding hydrogens is 218 g/mol. The number of likely N-dealkylation sites (N-methyl/N-ethyl adjacent to an activating group) is 1. The molecule has 0 fully saturated rings. The number of aliphatic hydroxyl groups excluding tert-OH is 1. The Hall–Kier alpha value is 0.400. The molecule has 0 saturated heterocycles. The van der Waals surface area contributed by atoms with Crippen molar-refractivity contribution >= 4 is 0 Å². The SMILES string of the molecule is CCC(C)C(CO)[N+](C)(C)C.[Br-]. The summed E-state index contributed by atoms with van der Waals surface area (Å²) in [5, 5.41) is 9.15. The van der Waals surface area contributed by atoms with Gasteiger partial charge in [-0.25, -0.2) is 0 Å². The molecule has 0 bridgehead atoms. The predicted octanol–water partition coefficient (Wildman–Crippen LogP) is -1.90. The van der Waals surface area contributed by atoms with Crippen molar-refractivity contribution in [2.45, 2.75) is 26.3 Å². The van der Waals surface area contributed by atoms with E-state index in [-0.39, 0.29) is 17.0 Å². The van der Waals surface area contributed by atoms with Crippen LogP contribution in [0.25, 0.3) is 0 Å². The van der Waals surface area contributed by atoms with Gasteiger partial charge >= 0.3 is 0 Å². The summed E-state index contributed by atoms with van der Waals surface area (Å²) in [5.74, 6) is 0.597. The van der Waals surface area contributed by atoms with Crippen LogP contribution in [0.5, 0.6) is 0 Å². The predicted molar refractivity (Wildman–Crippen MR) is 48.4 cm³/mol. The Morgan fingerprint density at radius 3 is 1.75 bits per heavy atom. The lowest BCUT2D eigenvalue weighted by Gasteiger charge is -2.36. The molecule has 2 atom stereocenters. The quantitative estimate of drug-likeness (QED) is 0.569. The third-order valence-electron chi connectivity index (χ3n) is 2.48. The van der Waals surface area contributed by atoms with Crippen LogP contribution in [0.2, 0.25) is 0 Å². The van der Waals surface area contributed by atoms with Crippen molar-refractivity contribution in [2.75, 3.05) is 27.7 Å². The molecule has 2 unspecified atom stereocenters. The van der Waals surface area contributed by atoms with E-state index in [4.69, 9.17) is 5.11 Å². The van der Waals surface area contributed by atoms with Gasteiger partial charge in [-0.05, 0) is 6.42 Å². The summed E-state index contributed by atoms with van der Waals surface area (Å²) in [6.07, 6.45) is 1.14. The first-order chi connectivity index (χ1) is 4.93. The second-order valence-electron chi connectivity index (χ2n) is 4.25. The number of quaternary nitrogens is 1. The molecule has 0 spiro atoms. The number of nitrogens with zero attached hydrogens (tertiary/aromatic N) is 1. The first-order valence-electron chi connectivity index (χ1n) is 4.35. The van der Waals surface area contributed by atoms with Gasteiger partial charge in [0.1, 0.15) is 6.04 Å². The minimum absolute atomic E-state index is 0. The average molecular weight is 240 g/mol. The van der Waals surface area contributed by atoms with Crippen LogP contribution in [0, 0.1) is 5.92 Å². The molecule has 12 heavy (non-hydrogen) atoms. The minimum Gasteiger partial charge on any atom is -1.00 e. The topological polar surface area (TPSA) is 20.2 Å². The van der Waals surface area contributed by atoms with Crippen molar-refractivity contribution in [3.05, 3.63) is 0 Å². The molecule has 0 saturated carbocycles. The lowest BCUT2D eigenvalue weighted by molar-refractivity contribution is -0.900. The molecule has 0 aliphatic rings. The third-order valence-corrected chi connectivity index (χ3v) is 2.48. The summed E-state index contributed by atoms with van der Waals surface area (Å²) in [5.41, 5.74) is 0. The smallest absolute Gasteiger partial charge is 0.114 e. The molecule has 0 amide bonds. The van der Waals surface area contributed by atoms with Gasteiger partial charge in [-0.1, -0.05) is 13.8 Å². The average Bonchev–Trinajstić information content (AvgIpc) is 1.86. The number of rotatable bonds is 4. The number of hydrogen-bond acceptors (Lipinski definition) is 1. The normalized spacial score (nSPS) is 16.5. The van der Waals surface area contributed by atoms with Crippen LogP contribution in [0.1, 0.15) is 20.3 Å². The fraction of sp³-hybridized carbons (Fsp3) is 1.00. The monoisotopic (exact) mass is 239 g/mol. The molecule has 0 aliphatic carbocycles. The van der Waals surface area contributed by atoms with Crippen LogP contribution in [0.4, 0.5) is 0 Å². The van der Waals surface area contributed by atoms with Crippen molar-refractivity contribution in [1.82, 2.24) is 0 Å². The van der Waals surface area contributed by atoms with Gasteiger partial charge in [0.25, 0.3) is 0 Å². The van der Waals surface area contributed by atoms with Crippen molar-refractivity contribution in [3.63, 3.8) is 0 Å². The maximum atomic E-state index is 9.15. The van der Waals surface area contributed by atoms with Crippen molar-refractivity contribution in [3.8, 4) is 0 Å². The molecule has 0 aromatic heterocycles. The Balaban J connectivity index is 0. The fourth-order valence-corrected chi connectivity index (χ4v) is 1.46. The third kappa shape index (κ3) is 4.43. The van der Waals surface area contributed by atoms with E-state index >= 15 is 0 Å². The van der Waals surface area contributed by atoms with E-state index in [1.165, 1.54) is 0 Å². The highest BCUT2D eigenvalue weighted by molar-refractivity contribution is 4.63. The Kier molecular flexibility index (Phi) is 7.38. The minimum atomic E-state index is 0. The second-order valence-corrected chi connectivity index (χ2v) is 4.25. The molecule has 0 aromatic carbocycles. The van der Waals surface area contributed by atoms with E-state index in [0.29, 0.717) is 18.6 Å². The number of halogens is 1. The van der Waals surface area contributed by atoms with Crippen molar-refractivity contribution in [2.24, 2.45) is 5.92 Å². The molecule has 76 valence electrons. The van der Waals surface area contributed by atoms with Crippen LogP contribution < -0.4 is 17.0 Å². The Bertz CT molecular complexity index is 112. The van der Waals surface area contributed by atoms with Crippen molar-refractivity contribution < 1.29 is 26.6 Å².